The maximum atomic E-state index is 12.6. The molecule has 1 amide bonds. The van der Waals surface area contributed by atoms with Crippen LogP contribution in [-0.2, 0) is 0 Å². The molecular weight excluding hydrogens is 326 g/mol. The Morgan fingerprint density at radius 1 is 1.43 bits per heavy atom. The normalized spacial score (nSPS) is 16.0. The maximum absolute atomic E-state index is 12.6. The summed E-state index contributed by atoms with van der Waals surface area (Å²) in [6.45, 7) is -0.781. The SMILES string of the molecule is CNCCC1CCN(C(=O)c2cc(Cl)ccc2OC(F)F)CC1. The van der Waals surface area contributed by atoms with E-state index in [2.05, 4.69) is 10.1 Å². The maximum Gasteiger partial charge on any atom is 0.387 e. The lowest BCUT2D eigenvalue weighted by Gasteiger charge is -2.32. The van der Waals surface area contributed by atoms with E-state index in [0.29, 0.717) is 24.0 Å². The lowest BCUT2D eigenvalue weighted by molar-refractivity contribution is -0.0503. The molecule has 0 unspecified atom stereocenters. The monoisotopic (exact) mass is 346 g/mol. The summed E-state index contributed by atoms with van der Waals surface area (Å²) in [5.74, 6) is 0.143. The number of amides is 1. The van der Waals surface area contributed by atoms with Crippen LogP contribution in [0.4, 0.5) is 8.78 Å². The Hall–Kier alpha value is -1.40. The molecule has 0 aliphatic carbocycles. The fourth-order valence-corrected chi connectivity index (χ4v) is 2.98. The summed E-state index contributed by atoms with van der Waals surface area (Å²) in [7, 11) is 1.92. The third kappa shape index (κ3) is 5.04. The molecule has 1 aromatic rings. The number of piperidine rings is 1. The van der Waals surface area contributed by atoms with E-state index in [1.807, 2.05) is 7.05 Å². The molecule has 1 aromatic carbocycles. The van der Waals surface area contributed by atoms with Gasteiger partial charge in [-0.05, 0) is 57.0 Å². The lowest BCUT2D eigenvalue weighted by Crippen LogP contribution is -2.39. The van der Waals surface area contributed by atoms with Crippen LogP contribution in [0.25, 0.3) is 0 Å². The minimum Gasteiger partial charge on any atom is -0.434 e. The number of alkyl halides is 2. The first-order valence-electron chi connectivity index (χ1n) is 7.69. The predicted octanol–water partition coefficient (Wildman–Crippen LogP) is 3.40. The van der Waals surface area contributed by atoms with E-state index in [1.165, 1.54) is 18.2 Å². The smallest absolute Gasteiger partial charge is 0.387 e. The third-order valence-corrected chi connectivity index (χ3v) is 4.33. The van der Waals surface area contributed by atoms with Gasteiger partial charge in [0.15, 0.2) is 0 Å². The number of nitrogens with zero attached hydrogens (tertiary/aromatic N) is 1. The van der Waals surface area contributed by atoms with Crippen LogP contribution in [-0.4, -0.2) is 44.1 Å². The lowest BCUT2D eigenvalue weighted by atomic mass is 9.93. The number of carbonyl (C=O) groups excluding carboxylic acids is 1. The number of halogens is 3. The second kappa shape index (κ2) is 8.45. The standard InChI is InChI=1S/C16H21ClF2N2O2/c1-20-7-4-11-5-8-21(9-6-11)15(22)13-10-12(17)2-3-14(13)23-16(18)19/h2-3,10-11,16,20H,4-9H2,1H3. The van der Waals surface area contributed by atoms with Crippen molar-refractivity contribution in [2.75, 3.05) is 26.7 Å². The van der Waals surface area contributed by atoms with Crippen LogP contribution in [0.3, 0.4) is 0 Å². The van der Waals surface area contributed by atoms with Crippen molar-refractivity contribution in [3.8, 4) is 5.75 Å². The largest absolute Gasteiger partial charge is 0.434 e. The highest BCUT2D eigenvalue weighted by Gasteiger charge is 2.26. The van der Waals surface area contributed by atoms with Gasteiger partial charge >= 0.3 is 6.61 Å². The van der Waals surface area contributed by atoms with Gasteiger partial charge in [0, 0.05) is 18.1 Å². The average Bonchev–Trinajstić information content (AvgIpc) is 2.54. The van der Waals surface area contributed by atoms with Crippen molar-refractivity contribution in [2.24, 2.45) is 5.92 Å². The van der Waals surface area contributed by atoms with Crippen molar-refractivity contribution in [3.05, 3.63) is 28.8 Å². The second-order valence-electron chi connectivity index (χ2n) is 5.65. The van der Waals surface area contributed by atoms with Crippen molar-refractivity contribution in [2.45, 2.75) is 25.9 Å². The Balaban J connectivity index is 2.04. The molecule has 128 valence electrons. The van der Waals surface area contributed by atoms with Crippen LogP contribution in [0.5, 0.6) is 5.75 Å². The summed E-state index contributed by atoms with van der Waals surface area (Å²) in [4.78, 5) is 14.3. The number of rotatable bonds is 6. The van der Waals surface area contributed by atoms with E-state index >= 15 is 0 Å². The molecule has 1 aliphatic rings. The fraction of sp³-hybridized carbons (Fsp3) is 0.562. The van der Waals surface area contributed by atoms with Crippen LogP contribution in [0.15, 0.2) is 18.2 Å². The molecule has 7 heteroatoms. The van der Waals surface area contributed by atoms with Gasteiger partial charge in [0.2, 0.25) is 0 Å². The van der Waals surface area contributed by atoms with Crippen molar-refractivity contribution in [1.29, 1.82) is 0 Å². The zero-order valence-electron chi connectivity index (χ0n) is 13.0. The van der Waals surface area contributed by atoms with E-state index < -0.39 is 6.61 Å². The van der Waals surface area contributed by atoms with Gasteiger partial charge in [-0.2, -0.15) is 8.78 Å². The molecule has 4 nitrogen and oxygen atoms in total. The zero-order valence-corrected chi connectivity index (χ0v) is 13.8. The molecule has 2 rings (SSSR count). The molecule has 1 saturated heterocycles. The molecule has 0 atom stereocenters. The Labute approximate surface area is 139 Å². The number of nitrogens with one attached hydrogen (secondary N) is 1. The Kier molecular flexibility index (Phi) is 6.59. The summed E-state index contributed by atoms with van der Waals surface area (Å²) in [5, 5.41) is 3.44. The van der Waals surface area contributed by atoms with E-state index in [-0.39, 0.29) is 17.2 Å². The number of hydrogen-bond donors (Lipinski definition) is 1. The first kappa shape index (κ1) is 17.9. The summed E-state index contributed by atoms with van der Waals surface area (Å²) in [6, 6.07) is 4.12. The highest BCUT2D eigenvalue weighted by Crippen LogP contribution is 2.28. The number of ether oxygens (including phenoxy) is 1. The summed E-state index contributed by atoms with van der Waals surface area (Å²) in [5.41, 5.74) is 0.0893. The topological polar surface area (TPSA) is 41.6 Å². The van der Waals surface area contributed by atoms with Crippen molar-refractivity contribution in [3.63, 3.8) is 0 Å². The molecule has 0 aromatic heterocycles. The fourth-order valence-electron chi connectivity index (χ4n) is 2.81. The molecule has 1 fully saturated rings. The van der Waals surface area contributed by atoms with Gasteiger partial charge in [-0.1, -0.05) is 11.6 Å². The van der Waals surface area contributed by atoms with Crippen LogP contribution in [0.1, 0.15) is 29.6 Å². The van der Waals surface area contributed by atoms with Gasteiger partial charge in [-0.25, -0.2) is 0 Å². The van der Waals surface area contributed by atoms with Gasteiger partial charge in [-0.15, -0.1) is 0 Å². The molecule has 1 N–H and O–H groups in total. The van der Waals surface area contributed by atoms with Gasteiger partial charge < -0.3 is 15.0 Å². The van der Waals surface area contributed by atoms with Gasteiger partial charge in [0.1, 0.15) is 5.75 Å². The number of hydrogen-bond acceptors (Lipinski definition) is 3. The summed E-state index contributed by atoms with van der Waals surface area (Å²) in [6.07, 6.45) is 2.91. The van der Waals surface area contributed by atoms with Crippen LogP contribution in [0, 0.1) is 5.92 Å². The van der Waals surface area contributed by atoms with E-state index in [4.69, 9.17) is 11.6 Å². The first-order chi connectivity index (χ1) is 11.0. The van der Waals surface area contributed by atoms with E-state index in [9.17, 15) is 13.6 Å². The Bertz CT molecular complexity index is 535. The molecule has 23 heavy (non-hydrogen) atoms. The number of carbonyl (C=O) groups is 1. The van der Waals surface area contributed by atoms with Crippen LogP contribution < -0.4 is 10.1 Å². The highest BCUT2D eigenvalue weighted by molar-refractivity contribution is 6.31. The van der Waals surface area contributed by atoms with E-state index in [0.717, 1.165) is 25.8 Å². The second-order valence-corrected chi connectivity index (χ2v) is 6.08. The third-order valence-electron chi connectivity index (χ3n) is 4.09. The Morgan fingerprint density at radius 3 is 2.74 bits per heavy atom. The first-order valence-corrected chi connectivity index (χ1v) is 8.07. The minimum atomic E-state index is -2.98. The molecule has 1 aliphatic heterocycles. The highest BCUT2D eigenvalue weighted by atomic mass is 35.5. The molecular formula is C16H21ClF2N2O2. The Morgan fingerprint density at radius 2 is 2.13 bits per heavy atom. The predicted molar refractivity (Wildman–Crippen MR) is 85.3 cm³/mol. The number of likely N-dealkylation sites (tertiary alicyclic amines) is 1. The van der Waals surface area contributed by atoms with Crippen molar-refractivity contribution < 1.29 is 18.3 Å². The average molecular weight is 347 g/mol. The van der Waals surface area contributed by atoms with Crippen LogP contribution >= 0.6 is 11.6 Å². The summed E-state index contributed by atoms with van der Waals surface area (Å²) >= 11 is 5.90. The number of benzene rings is 1. The molecule has 0 saturated carbocycles. The van der Waals surface area contributed by atoms with E-state index in [1.54, 1.807) is 4.90 Å². The molecule has 0 spiro atoms. The quantitative estimate of drug-likeness (QED) is 0.858. The van der Waals surface area contributed by atoms with Crippen molar-refractivity contribution >= 4 is 17.5 Å². The van der Waals surface area contributed by atoms with Gasteiger partial charge in [0.05, 0.1) is 5.56 Å². The molecule has 1 heterocycles. The summed E-state index contributed by atoms with van der Waals surface area (Å²) < 4.78 is 29.4. The van der Waals surface area contributed by atoms with Crippen LogP contribution in [0.2, 0.25) is 5.02 Å². The minimum absolute atomic E-state index is 0.0893. The van der Waals surface area contributed by atoms with Gasteiger partial charge in [0.25, 0.3) is 5.91 Å². The molecule has 0 radical (unpaired) electrons. The molecule has 0 bridgehead atoms. The van der Waals surface area contributed by atoms with Crippen molar-refractivity contribution in [1.82, 2.24) is 10.2 Å². The van der Waals surface area contributed by atoms with Gasteiger partial charge in [-0.3, -0.25) is 4.79 Å². The zero-order chi connectivity index (χ0) is 16.8.